The summed E-state index contributed by atoms with van der Waals surface area (Å²) in [5, 5.41) is 21.5. The molecule has 1 aliphatic carbocycles. The molecule has 0 radical (unpaired) electrons. The van der Waals surface area contributed by atoms with Crippen LogP contribution in [-0.4, -0.2) is 34.9 Å². The molecule has 0 bridgehead atoms. The van der Waals surface area contributed by atoms with E-state index in [0.29, 0.717) is 5.56 Å². The van der Waals surface area contributed by atoms with Crippen molar-refractivity contribution in [2.75, 3.05) is 6.61 Å². The van der Waals surface area contributed by atoms with Crippen LogP contribution in [0, 0.1) is 0 Å². The van der Waals surface area contributed by atoms with Crippen molar-refractivity contribution in [1.82, 2.24) is 5.32 Å². The Bertz CT molecular complexity index is 1100. The zero-order chi connectivity index (χ0) is 22.0. The Labute approximate surface area is 179 Å². The largest absolute Gasteiger partial charge is 0.504 e. The molecule has 7 heteroatoms. The van der Waals surface area contributed by atoms with E-state index in [1.807, 2.05) is 48.5 Å². The summed E-state index contributed by atoms with van der Waals surface area (Å²) in [4.78, 5) is 24.2. The van der Waals surface area contributed by atoms with E-state index in [1.165, 1.54) is 18.2 Å². The van der Waals surface area contributed by atoms with E-state index >= 15 is 0 Å². The predicted molar refractivity (Wildman–Crippen MR) is 115 cm³/mol. The number of nitrogens with one attached hydrogen (secondary N) is 1. The number of amides is 2. The fraction of sp³-hybridized carbons (Fsp3) is 0.167. The summed E-state index contributed by atoms with van der Waals surface area (Å²) in [6.07, 6.45) is -0.707. The maximum Gasteiger partial charge on any atom is 0.407 e. The fourth-order valence-corrected chi connectivity index (χ4v) is 3.94. The summed E-state index contributed by atoms with van der Waals surface area (Å²) in [7, 11) is 0. The number of nitrogens with two attached hydrogens (primary N) is 1. The maximum atomic E-state index is 12.4. The van der Waals surface area contributed by atoms with E-state index in [1.54, 1.807) is 0 Å². The minimum atomic E-state index is -1.03. The molecule has 0 saturated carbocycles. The SMILES string of the molecule is NC(=O)[C@H](Cc1ccc(O)c(O)c1)NC(=O)OCC1c2ccccc2-c2ccccc21. The van der Waals surface area contributed by atoms with E-state index < -0.39 is 18.0 Å². The summed E-state index contributed by atoms with van der Waals surface area (Å²) in [5.41, 5.74) is 10.4. The minimum Gasteiger partial charge on any atom is -0.504 e. The lowest BCUT2D eigenvalue weighted by molar-refractivity contribution is -0.119. The summed E-state index contributed by atoms with van der Waals surface area (Å²) in [5.74, 6) is -1.42. The third kappa shape index (κ3) is 4.16. The molecule has 3 aromatic rings. The Hall–Kier alpha value is -4.00. The Morgan fingerprint density at radius 2 is 1.55 bits per heavy atom. The standard InChI is InChI=1S/C24H22N2O5/c25-23(29)20(11-14-9-10-21(27)22(28)12-14)26-24(30)31-13-19-17-7-3-1-5-15(17)16-6-2-4-8-18(16)19/h1-10,12,19-20,27-28H,11,13H2,(H2,25,29)(H,26,30)/t20-/m0/s1. The number of phenols is 2. The van der Waals surface area contributed by atoms with Gasteiger partial charge in [0.25, 0.3) is 0 Å². The fourth-order valence-electron chi connectivity index (χ4n) is 3.94. The molecule has 0 aromatic heterocycles. The zero-order valence-corrected chi connectivity index (χ0v) is 16.6. The number of carbonyl (C=O) groups is 2. The monoisotopic (exact) mass is 418 g/mol. The number of alkyl carbamates (subject to hydrolysis) is 1. The smallest absolute Gasteiger partial charge is 0.407 e. The van der Waals surface area contributed by atoms with Crippen LogP contribution in [0.3, 0.4) is 0 Å². The summed E-state index contributed by atoms with van der Waals surface area (Å²) in [6.45, 7) is 0.116. The van der Waals surface area contributed by atoms with Crippen molar-refractivity contribution in [2.45, 2.75) is 18.4 Å². The maximum absolute atomic E-state index is 12.4. The van der Waals surface area contributed by atoms with Gasteiger partial charge in [-0.25, -0.2) is 4.79 Å². The molecule has 7 nitrogen and oxygen atoms in total. The van der Waals surface area contributed by atoms with Crippen LogP contribution in [0.4, 0.5) is 4.79 Å². The first kappa shape index (κ1) is 20.3. The van der Waals surface area contributed by atoms with Crippen LogP contribution < -0.4 is 11.1 Å². The van der Waals surface area contributed by atoms with Gasteiger partial charge in [0, 0.05) is 12.3 Å². The third-order valence-electron chi connectivity index (χ3n) is 5.46. The van der Waals surface area contributed by atoms with Gasteiger partial charge in [0.05, 0.1) is 0 Å². The van der Waals surface area contributed by atoms with Crippen LogP contribution in [0.15, 0.2) is 66.7 Å². The van der Waals surface area contributed by atoms with Crippen molar-refractivity contribution in [2.24, 2.45) is 5.73 Å². The Balaban J connectivity index is 1.43. The molecule has 0 spiro atoms. The van der Waals surface area contributed by atoms with E-state index in [4.69, 9.17) is 10.5 Å². The number of carbonyl (C=O) groups excluding carboxylic acids is 2. The molecule has 1 atom stereocenters. The molecular formula is C24H22N2O5. The highest BCUT2D eigenvalue weighted by molar-refractivity contribution is 5.84. The van der Waals surface area contributed by atoms with Gasteiger partial charge in [0.2, 0.25) is 5.91 Å². The van der Waals surface area contributed by atoms with E-state index in [-0.39, 0.29) is 30.4 Å². The van der Waals surface area contributed by atoms with Crippen LogP contribution in [0.1, 0.15) is 22.6 Å². The molecule has 0 heterocycles. The second kappa shape index (κ2) is 8.39. The van der Waals surface area contributed by atoms with Crippen molar-refractivity contribution in [3.05, 3.63) is 83.4 Å². The molecule has 1 aliphatic rings. The van der Waals surface area contributed by atoms with Crippen LogP contribution in [0.5, 0.6) is 11.5 Å². The molecule has 5 N–H and O–H groups in total. The van der Waals surface area contributed by atoms with Gasteiger partial charge in [-0.2, -0.15) is 0 Å². The first-order valence-corrected chi connectivity index (χ1v) is 9.85. The Morgan fingerprint density at radius 1 is 0.935 bits per heavy atom. The van der Waals surface area contributed by atoms with Crippen molar-refractivity contribution in [3.8, 4) is 22.6 Å². The van der Waals surface area contributed by atoms with Gasteiger partial charge in [0.15, 0.2) is 11.5 Å². The number of ether oxygens (including phenoxy) is 1. The number of hydrogen-bond acceptors (Lipinski definition) is 5. The second-order valence-corrected chi connectivity index (χ2v) is 7.45. The lowest BCUT2D eigenvalue weighted by Crippen LogP contribution is -2.46. The number of fused-ring (bicyclic) bond motifs is 3. The summed E-state index contributed by atoms with van der Waals surface area (Å²) < 4.78 is 5.45. The lowest BCUT2D eigenvalue weighted by atomic mass is 9.98. The van der Waals surface area contributed by atoms with E-state index in [0.717, 1.165) is 22.3 Å². The van der Waals surface area contributed by atoms with Gasteiger partial charge in [-0.05, 0) is 39.9 Å². The first-order chi connectivity index (χ1) is 14.9. The normalized spacial score (nSPS) is 13.2. The average molecular weight is 418 g/mol. The molecule has 2 amide bonds. The van der Waals surface area contributed by atoms with Gasteiger partial charge >= 0.3 is 6.09 Å². The highest BCUT2D eigenvalue weighted by Crippen LogP contribution is 2.44. The van der Waals surface area contributed by atoms with Crippen LogP contribution in [0.25, 0.3) is 11.1 Å². The molecule has 0 aliphatic heterocycles. The zero-order valence-electron chi connectivity index (χ0n) is 16.6. The first-order valence-electron chi connectivity index (χ1n) is 9.85. The molecule has 158 valence electrons. The molecule has 3 aromatic carbocycles. The highest BCUT2D eigenvalue weighted by Gasteiger charge is 2.29. The summed E-state index contributed by atoms with van der Waals surface area (Å²) in [6, 6.07) is 19.1. The molecule has 0 fully saturated rings. The molecule has 31 heavy (non-hydrogen) atoms. The Kier molecular flexibility index (Phi) is 5.49. The predicted octanol–water partition coefficient (Wildman–Crippen LogP) is 3.03. The second-order valence-electron chi connectivity index (χ2n) is 7.45. The van der Waals surface area contributed by atoms with Crippen molar-refractivity contribution < 1.29 is 24.5 Å². The molecule has 0 saturated heterocycles. The van der Waals surface area contributed by atoms with Crippen molar-refractivity contribution in [1.29, 1.82) is 0 Å². The number of rotatable bonds is 6. The van der Waals surface area contributed by atoms with Gasteiger partial charge in [0.1, 0.15) is 12.6 Å². The summed E-state index contributed by atoms with van der Waals surface area (Å²) >= 11 is 0. The lowest BCUT2D eigenvalue weighted by Gasteiger charge is -2.18. The molecular weight excluding hydrogens is 396 g/mol. The molecule has 4 rings (SSSR count). The van der Waals surface area contributed by atoms with Crippen LogP contribution >= 0.6 is 0 Å². The number of primary amides is 1. The number of hydrogen-bond donors (Lipinski definition) is 4. The van der Waals surface area contributed by atoms with Gasteiger partial charge in [-0.1, -0.05) is 54.6 Å². The molecule has 0 unspecified atom stereocenters. The minimum absolute atomic E-state index is 0.0490. The van der Waals surface area contributed by atoms with Crippen LogP contribution in [-0.2, 0) is 16.0 Å². The number of benzene rings is 3. The van der Waals surface area contributed by atoms with Crippen molar-refractivity contribution >= 4 is 12.0 Å². The number of phenolic OH excluding ortho intramolecular Hbond substituents is 2. The van der Waals surface area contributed by atoms with Gasteiger partial charge in [-0.15, -0.1) is 0 Å². The quantitative estimate of drug-likeness (QED) is 0.459. The van der Waals surface area contributed by atoms with Crippen molar-refractivity contribution in [3.63, 3.8) is 0 Å². The average Bonchev–Trinajstić information content (AvgIpc) is 3.08. The van der Waals surface area contributed by atoms with E-state index in [9.17, 15) is 19.8 Å². The van der Waals surface area contributed by atoms with E-state index in [2.05, 4.69) is 5.32 Å². The highest BCUT2D eigenvalue weighted by atomic mass is 16.5. The topological polar surface area (TPSA) is 122 Å². The number of aromatic hydroxyl groups is 2. The Morgan fingerprint density at radius 3 is 2.13 bits per heavy atom. The van der Waals surface area contributed by atoms with Gasteiger partial charge in [-0.3, -0.25) is 4.79 Å². The van der Waals surface area contributed by atoms with Crippen LogP contribution in [0.2, 0.25) is 0 Å². The van der Waals surface area contributed by atoms with Gasteiger partial charge < -0.3 is 26.0 Å². The third-order valence-corrected chi connectivity index (χ3v) is 5.46.